The number of rotatable bonds is 3. The lowest BCUT2D eigenvalue weighted by Crippen LogP contribution is -2.27. The van der Waals surface area contributed by atoms with Gasteiger partial charge < -0.3 is 5.73 Å². The first-order chi connectivity index (χ1) is 10.2. The summed E-state index contributed by atoms with van der Waals surface area (Å²) in [5, 5.41) is 2.60. The fourth-order valence-corrected chi connectivity index (χ4v) is 3.38. The van der Waals surface area contributed by atoms with E-state index in [1.54, 1.807) is 0 Å². The van der Waals surface area contributed by atoms with Crippen molar-refractivity contribution in [3.8, 4) is 0 Å². The van der Waals surface area contributed by atoms with Gasteiger partial charge in [-0.3, -0.25) is 0 Å². The zero-order valence-corrected chi connectivity index (χ0v) is 13.2. The Bertz CT molecular complexity index is 784. The van der Waals surface area contributed by atoms with Crippen LogP contribution in [0.2, 0.25) is 0 Å². The molecular weight excluding hydrogens is 290 g/mol. The molecule has 0 bridgehead atoms. The second-order valence-corrected chi connectivity index (χ2v) is 6.26. The molecule has 112 valence electrons. The van der Waals surface area contributed by atoms with Crippen molar-refractivity contribution >= 4 is 23.2 Å². The number of hydrogen-bond acceptors (Lipinski definition) is 1. The zero-order valence-electron chi connectivity index (χ0n) is 12.4. The van der Waals surface area contributed by atoms with Gasteiger partial charge in [0.05, 0.1) is 0 Å². The summed E-state index contributed by atoms with van der Waals surface area (Å²) in [5.41, 5.74) is 9.25. The molecule has 0 amide bonds. The van der Waals surface area contributed by atoms with E-state index in [2.05, 4.69) is 72.8 Å². The van der Waals surface area contributed by atoms with Gasteiger partial charge in [-0.1, -0.05) is 72.8 Å². The first-order valence-electron chi connectivity index (χ1n) is 7.56. The zero-order chi connectivity index (χ0) is 14.3. The van der Waals surface area contributed by atoms with Crippen LogP contribution in [0.5, 0.6) is 0 Å². The molecule has 0 spiro atoms. The van der Waals surface area contributed by atoms with Crippen molar-refractivity contribution in [2.45, 2.75) is 24.3 Å². The summed E-state index contributed by atoms with van der Waals surface area (Å²) < 4.78 is 0. The third-order valence-electron chi connectivity index (χ3n) is 4.67. The molecule has 2 unspecified atom stereocenters. The highest BCUT2D eigenvalue weighted by atomic mass is 35.5. The highest BCUT2D eigenvalue weighted by Crippen LogP contribution is 2.51. The quantitative estimate of drug-likeness (QED) is 0.746. The largest absolute Gasteiger partial charge is 0.324 e. The fraction of sp³-hybridized carbons (Fsp3) is 0.200. The average molecular weight is 310 g/mol. The van der Waals surface area contributed by atoms with Gasteiger partial charge in [-0.25, -0.2) is 0 Å². The summed E-state index contributed by atoms with van der Waals surface area (Å²) in [5.74, 6) is 0.505. The van der Waals surface area contributed by atoms with E-state index in [1.807, 2.05) is 0 Å². The molecule has 3 aromatic rings. The van der Waals surface area contributed by atoms with E-state index < -0.39 is 0 Å². The Hall–Kier alpha value is -1.83. The fourth-order valence-electron chi connectivity index (χ4n) is 3.38. The Morgan fingerprint density at radius 3 is 2.32 bits per heavy atom. The molecule has 3 aromatic carbocycles. The normalized spacial score (nSPS) is 23.0. The highest BCUT2D eigenvalue weighted by molar-refractivity contribution is 5.85. The predicted molar refractivity (Wildman–Crippen MR) is 95.6 cm³/mol. The van der Waals surface area contributed by atoms with Crippen molar-refractivity contribution in [3.63, 3.8) is 0 Å². The van der Waals surface area contributed by atoms with Gasteiger partial charge in [0.2, 0.25) is 0 Å². The third-order valence-corrected chi connectivity index (χ3v) is 4.67. The molecule has 0 aliphatic heterocycles. The SMILES string of the molecule is Cl.NC1(Cc2ccc3ccccc3c2)CC1c1ccccc1. The minimum atomic E-state index is -0.0657. The number of nitrogens with two attached hydrogens (primary N) is 1. The van der Waals surface area contributed by atoms with Crippen LogP contribution < -0.4 is 5.73 Å². The van der Waals surface area contributed by atoms with Crippen LogP contribution in [-0.2, 0) is 6.42 Å². The molecule has 1 aliphatic carbocycles. The maximum Gasteiger partial charge on any atom is 0.0271 e. The lowest BCUT2D eigenvalue weighted by Gasteiger charge is -2.12. The maximum absolute atomic E-state index is 6.60. The van der Waals surface area contributed by atoms with Crippen LogP contribution in [0.1, 0.15) is 23.5 Å². The number of halogens is 1. The Labute approximate surface area is 137 Å². The summed E-state index contributed by atoms with van der Waals surface area (Å²) in [4.78, 5) is 0. The summed E-state index contributed by atoms with van der Waals surface area (Å²) in [6, 6.07) is 25.9. The molecule has 2 N–H and O–H groups in total. The summed E-state index contributed by atoms with van der Waals surface area (Å²) in [6.45, 7) is 0. The summed E-state index contributed by atoms with van der Waals surface area (Å²) in [6.07, 6.45) is 2.04. The summed E-state index contributed by atoms with van der Waals surface area (Å²) in [7, 11) is 0. The molecule has 1 nitrogen and oxygen atoms in total. The van der Waals surface area contributed by atoms with Gasteiger partial charge >= 0.3 is 0 Å². The van der Waals surface area contributed by atoms with E-state index in [0.29, 0.717) is 5.92 Å². The molecule has 1 aliphatic rings. The van der Waals surface area contributed by atoms with Crippen LogP contribution in [-0.4, -0.2) is 5.54 Å². The smallest absolute Gasteiger partial charge is 0.0271 e. The molecule has 1 fully saturated rings. The van der Waals surface area contributed by atoms with Crippen molar-refractivity contribution in [1.82, 2.24) is 0 Å². The molecule has 22 heavy (non-hydrogen) atoms. The van der Waals surface area contributed by atoms with Crippen molar-refractivity contribution in [2.24, 2.45) is 5.73 Å². The first kappa shape index (κ1) is 15.1. The van der Waals surface area contributed by atoms with Gasteiger partial charge in [0.15, 0.2) is 0 Å². The molecular formula is C20H20ClN. The van der Waals surface area contributed by atoms with Crippen molar-refractivity contribution in [3.05, 3.63) is 83.9 Å². The van der Waals surface area contributed by atoms with Gasteiger partial charge in [0.25, 0.3) is 0 Å². The second kappa shape index (κ2) is 5.75. The lowest BCUT2D eigenvalue weighted by molar-refractivity contribution is 0.646. The average Bonchev–Trinajstić information content (AvgIpc) is 3.19. The number of benzene rings is 3. The first-order valence-corrected chi connectivity index (χ1v) is 7.56. The number of fused-ring (bicyclic) bond motifs is 1. The molecule has 2 heteroatoms. The van der Waals surface area contributed by atoms with Gasteiger partial charge in [0.1, 0.15) is 0 Å². The van der Waals surface area contributed by atoms with Gasteiger partial charge in [0, 0.05) is 11.5 Å². The van der Waals surface area contributed by atoms with Gasteiger partial charge in [-0.2, -0.15) is 0 Å². The minimum Gasteiger partial charge on any atom is -0.324 e. The van der Waals surface area contributed by atoms with Crippen molar-refractivity contribution in [2.75, 3.05) is 0 Å². The molecule has 1 saturated carbocycles. The standard InChI is InChI=1S/C20H19N.ClH/c21-20(14-19(20)17-7-2-1-3-8-17)13-15-10-11-16-6-4-5-9-18(16)12-15;/h1-12,19H,13-14,21H2;1H. The second-order valence-electron chi connectivity index (χ2n) is 6.26. The molecule has 0 heterocycles. The highest BCUT2D eigenvalue weighted by Gasteiger charge is 2.51. The van der Waals surface area contributed by atoms with Crippen LogP contribution in [0, 0.1) is 0 Å². The Kier molecular flexibility index (Phi) is 3.94. The monoisotopic (exact) mass is 309 g/mol. The molecule has 4 rings (SSSR count). The predicted octanol–water partition coefficient (Wildman–Crippen LogP) is 4.69. The van der Waals surface area contributed by atoms with E-state index in [9.17, 15) is 0 Å². The van der Waals surface area contributed by atoms with E-state index in [0.717, 1.165) is 12.8 Å². The van der Waals surface area contributed by atoms with Crippen LogP contribution in [0.25, 0.3) is 10.8 Å². The van der Waals surface area contributed by atoms with Crippen LogP contribution in [0.4, 0.5) is 0 Å². The Morgan fingerprint density at radius 1 is 0.864 bits per heavy atom. The van der Waals surface area contributed by atoms with E-state index in [1.165, 1.54) is 21.9 Å². The Balaban J connectivity index is 0.00000144. The molecule has 0 aromatic heterocycles. The van der Waals surface area contributed by atoms with Gasteiger partial charge in [-0.15, -0.1) is 12.4 Å². The van der Waals surface area contributed by atoms with Crippen molar-refractivity contribution < 1.29 is 0 Å². The van der Waals surface area contributed by atoms with E-state index in [-0.39, 0.29) is 17.9 Å². The van der Waals surface area contributed by atoms with Gasteiger partial charge in [-0.05, 0) is 34.7 Å². The van der Waals surface area contributed by atoms with Crippen molar-refractivity contribution in [1.29, 1.82) is 0 Å². The number of hydrogen-bond donors (Lipinski definition) is 1. The van der Waals surface area contributed by atoms with E-state index >= 15 is 0 Å². The third kappa shape index (κ3) is 2.75. The topological polar surface area (TPSA) is 26.0 Å². The minimum absolute atomic E-state index is 0. The molecule has 0 radical (unpaired) electrons. The molecule has 2 atom stereocenters. The molecule has 0 saturated heterocycles. The maximum atomic E-state index is 6.60. The van der Waals surface area contributed by atoms with E-state index in [4.69, 9.17) is 5.73 Å². The Morgan fingerprint density at radius 2 is 1.55 bits per heavy atom. The lowest BCUT2D eigenvalue weighted by atomic mass is 9.97. The van der Waals surface area contributed by atoms with Crippen LogP contribution in [0.3, 0.4) is 0 Å². The van der Waals surface area contributed by atoms with Crippen LogP contribution >= 0.6 is 12.4 Å². The summed E-state index contributed by atoms with van der Waals surface area (Å²) >= 11 is 0. The van der Waals surface area contributed by atoms with Crippen LogP contribution in [0.15, 0.2) is 72.8 Å².